The molecule has 2 amide bonds. The lowest BCUT2D eigenvalue weighted by molar-refractivity contribution is -0.144. The molecule has 1 rings (SSSR count). The topological polar surface area (TPSA) is 87.2 Å². The molecule has 1 aliphatic heterocycles. The van der Waals surface area contributed by atoms with Crippen LogP contribution in [-0.4, -0.2) is 65.2 Å². The number of amides is 2. The van der Waals surface area contributed by atoms with E-state index in [-0.39, 0.29) is 31.8 Å². The third-order valence-corrected chi connectivity index (χ3v) is 3.28. The lowest BCUT2D eigenvalue weighted by atomic mass is 10.1. The van der Waals surface area contributed by atoms with Gasteiger partial charge in [-0.25, -0.2) is 4.79 Å². The van der Waals surface area contributed by atoms with Gasteiger partial charge in [0.15, 0.2) is 0 Å². The summed E-state index contributed by atoms with van der Waals surface area (Å²) >= 11 is 0. The van der Waals surface area contributed by atoms with Gasteiger partial charge in [-0.2, -0.15) is 0 Å². The van der Waals surface area contributed by atoms with E-state index in [0.717, 1.165) is 0 Å². The molecule has 114 valence electrons. The van der Waals surface area contributed by atoms with Crippen molar-refractivity contribution in [1.82, 2.24) is 9.80 Å². The Bertz CT molecular complexity index is 383. The highest BCUT2D eigenvalue weighted by Crippen LogP contribution is 2.18. The van der Waals surface area contributed by atoms with E-state index in [1.54, 1.807) is 6.92 Å². The largest absolute Gasteiger partial charge is 0.481 e. The molecule has 7 heteroatoms. The molecule has 20 heavy (non-hydrogen) atoms. The normalized spacial score (nSPS) is 18.2. The average Bonchev–Trinajstić information content (AvgIpc) is 2.84. The van der Waals surface area contributed by atoms with Gasteiger partial charge in [-0.3, -0.25) is 9.59 Å². The fourth-order valence-electron chi connectivity index (χ4n) is 2.13. The summed E-state index contributed by atoms with van der Waals surface area (Å²) in [5.74, 6) is -1.86. The molecule has 0 bridgehead atoms. The van der Waals surface area contributed by atoms with Crippen LogP contribution in [0.4, 0.5) is 4.79 Å². The number of carboxylic acid groups (broad SMARTS) is 1. The van der Waals surface area contributed by atoms with E-state index in [0.29, 0.717) is 13.0 Å². The van der Waals surface area contributed by atoms with Gasteiger partial charge in [-0.15, -0.1) is 0 Å². The van der Waals surface area contributed by atoms with Crippen molar-refractivity contribution in [3.8, 4) is 0 Å². The van der Waals surface area contributed by atoms with Crippen LogP contribution in [0.25, 0.3) is 0 Å². The van der Waals surface area contributed by atoms with Crippen molar-refractivity contribution in [2.75, 3.05) is 26.2 Å². The summed E-state index contributed by atoms with van der Waals surface area (Å²) in [6, 6.07) is -0.465. The molecule has 0 spiro atoms. The monoisotopic (exact) mass is 286 g/mol. The van der Waals surface area contributed by atoms with Crippen LogP contribution in [0, 0.1) is 5.92 Å². The van der Waals surface area contributed by atoms with Crippen molar-refractivity contribution in [2.24, 2.45) is 5.92 Å². The Balaban J connectivity index is 2.65. The zero-order valence-corrected chi connectivity index (χ0v) is 12.2. The van der Waals surface area contributed by atoms with Crippen molar-refractivity contribution in [3.05, 3.63) is 0 Å². The van der Waals surface area contributed by atoms with Crippen LogP contribution in [0.2, 0.25) is 0 Å². The summed E-state index contributed by atoms with van der Waals surface area (Å²) in [5.41, 5.74) is 0. The highest BCUT2D eigenvalue weighted by Gasteiger charge is 2.34. The van der Waals surface area contributed by atoms with Gasteiger partial charge >= 0.3 is 18.0 Å². The Morgan fingerprint density at radius 2 is 2.05 bits per heavy atom. The van der Waals surface area contributed by atoms with Crippen LogP contribution in [0.15, 0.2) is 0 Å². The van der Waals surface area contributed by atoms with Crippen molar-refractivity contribution in [3.63, 3.8) is 0 Å². The summed E-state index contributed by atoms with van der Waals surface area (Å²) in [6.07, 6.45) is 0.451. The second-order valence-electron chi connectivity index (χ2n) is 5.08. The number of aliphatic carboxylic acids is 1. The number of carboxylic acids is 1. The molecule has 0 aliphatic carbocycles. The van der Waals surface area contributed by atoms with E-state index >= 15 is 0 Å². The van der Waals surface area contributed by atoms with Crippen LogP contribution in [0.1, 0.15) is 27.2 Å². The molecule has 0 aromatic rings. The number of rotatable bonds is 5. The Morgan fingerprint density at radius 3 is 2.50 bits per heavy atom. The highest BCUT2D eigenvalue weighted by atomic mass is 16.5. The van der Waals surface area contributed by atoms with Crippen molar-refractivity contribution in [2.45, 2.75) is 33.2 Å². The Labute approximate surface area is 118 Å². The molecule has 1 saturated heterocycles. The molecule has 1 heterocycles. The maximum atomic E-state index is 12.3. The minimum Gasteiger partial charge on any atom is -0.481 e. The van der Waals surface area contributed by atoms with Gasteiger partial charge in [0.2, 0.25) is 0 Å². The zero-order valence-electron chi connectivity index (χ0n) is 12.2. The van der Waals surface area contributed by atoms with E-state index in [1.165, 1.54) is 9.80 Å². The quantitative estimate of drug-likeness (QED) is 0.755. The molecular weight excluding hydrogens is 264 g/mol. The van der Waals surface area contributed by atoms with Gasteiger partial charge in [0.1, 0.15) is 6.54 Å². The minimum absolute atomic E-state index is 0.113. The predicted molar refractivity (Wildman–Crippen MR) is 71.2 cm³/mol. The van der Waals surface area contributed by atoms with Gasteiger partial charge in [0.05, 0.1) is 12.5 Å². The van der Waals surface area contributed by atoms with Crippen molar-refractivity contribution < 1.29 is 24.2 Å². The van der Waals surface area contributed by atoms with Gasteiger partial charge in [-0.05, 0) is 27.2 Å². The summed E-state index contributed by atoms with van der Waals surface area (Å²) in [4.78, 5) is 37.7. The molecule has 1 unspecified atom stereocenters. The molecule has 1 aliphatic rings. The van der Waals surface area contributed by atoms with Crippen LogP contribution in [-0.2, 0) is 14.3 Å². The molecule has 0 aromatic carbocycles. The number of nitrogens with zero attached hydrogens (tertiary/aromatic N) is 2. The fraction of sp³-hybridized carbons (Fsp3) is 0.769. The third kappa shape index (κ3) is 4.11. The minimum atomic E-state index is -0.887. The number of esters is 1. The van der Waals surface area contributed by atoms with Gasteiger partial charge in [-0.1, -0.05) is 0 Å². The zero-order chi connectivity index (χ0) is 15.3. The second-order valence-corrected chi connectivity index (χ2v) is 5.08. The first-order chi connectivity index (χ1) is 9.36. The van der Waals surface area contributed by atoms with Gasteiger partial charge in [0.25, 0.3) is 0 Å². The number of likely N-dealkylation sites (tertiary alicyclic amines) is 1. The van der Waals surface area contributed by atoms with Crippen LogP contribution in [0.3, 0.4) is 0 Å². The summed E-state index contributed by atoms with van der Waals surface area (Å²) in [6.45, 7) is 6.07. The number of hydrogen-bond acceptors (Lipinski definition) is 4. The van der Waals surface area contributed by atoms with Crippen molar-refractivity contribution >= 4 is 18.0 Å². The Kier molecular flexibility index (Phi) is 5.79. The lowest BCUT2D eigenvalue weighted by Gasteiger charge is -2.30. The molecule has 1 atom stereocenters. The second kappa shape index (κ2) is 7.12. The number of carbonyl (C=O) groups excluding carboxylic acids is 2. The van der Waals surface area contributed by atoms with Crippen LogP contribution < -0.4 is 0 Å². The highest BCUT2D eigenvalue weighted by molar-refractivity contribution is 5.82. The number of carbonyl (C=O) groups is 3. The van der Waals surface area contributed by atoms with E-state index in [9.17, 15) is 14.4 Å². The smallest absolute Gasteiger partial charge is 0.325 e. The first-order valence-corrected chi connectivity index (χ1v) is 6.80. The fourth-order valence-corrected chi connectivity index (χ4v) is 2.13. The average molecular weight is 286 g/mol. The summed E-state index contributed by atoms with van der Waals surface area (Å²) < 4.78 is 4.85. The molecular formula is C13H22N2O5. The number of urea groups is 1. The molecule has 1 fully saturated rings. The first-order valence-electron chi connectivity index (χ1n) is 6.80. The van der Waals surface area contributed by atoms with Crippen LogP contribution in [0.5, 0.6) is 0 Å². The van der Waals surface area contributed by atoms with E-state index in [1.807, 2.05) is 13.8 Å². The Morgan fingerprint density at radius 1 is 1.40 bits per heavy atom. The SMILES string of the molecule is CCOC(=O)CN(C(=O)N1CCC(C(=O)O)C1)C(C)C. The lowest BCUT2D eigenvalue weighted by Crippen LogP contribution is -2.48. The molecule has 1 N–H and O–H groups in total. The molecule has 0 aromatic heterocycles. The first kappa shape index (κ1) is 16.3. The van der Waals surface area contributed by atoms with Crippen LogP contribution >= 0.6 is 0 Å². The summed E-state index contributed by atoms with van der Waals surface area (Å²) in [7, 11) is 0. The standard InChI is InChI=1S/C13H22N2O5/c1-4-20-11(16)8-15(9(2)3)13(19)14-6-5-10(7-14)12(17)18/h9-10H,4-8H2,1-3H3,(H,17,18). The van der Waals surface area contributed by atoms with Gasteiger partial charge in [0, 0.05) is 19.1 Å². The Hall–Kier alpha value is -1.79. The van der Waals surface area contributed by atoms with Crippen molar-refractivity contribution in [1.29, 1.82) is 0 Å². The molecule has 7 nitrogen and oxygen atoms in total. The maximum Gasteiger partial charge on any atom is 0.325 e. The van der Waals surface area contributed by atoms with E-state index in [4.69, 9.17) is 9.84 Å². The number of hydrogen-bond donors (Lipinski definition) is 1. The summed E-state index contributed by atoms with van der Waals surface area (Å²) in [5, 5.41) is 8.95. The third-order valence-electron chi connectivity index (χ3n) is 3.28. The van der Waals surface area contributed by atoms with E-state index < -0.39 is 17.9 Å². The molecule has 0 radical (unpaired) electrons. The predicted octanol–water partition coefficient (Wildman–Crippen LogP) is 0.786. The van der Waals surface area contributed by atoms with Gasteiger partial charge < -0.3 is 19.6 Å². The van der Waals surface area contributed by atoms with E-state index in [2.05, 4.69) is 0 Å². The molecule has 0 saturated carbocycles. The number of ether oxygens (including phenoxy) is 1. The maximum absolute atomic E-state index is 12.3.